The Morgan fingerprint density at radius 2 is 1.79 bits per heavy atom. The van der Waals surface area contributed by atoms with Gasteiger partial charge in [-0.05, 0) is 60.5 Å². The highest BCUT2D eigenvalue weighted by Crippen LogP contribution is 2.31. The molecule has 3 aromatic heterocycles. The quantitative estimate of drug-likeness (QED) is 0.355. The van der Waals surface area contributed by atoms with Gasteiger partial charge < -0.3 is 11.1 Å². The summed E-state index contributed by atoms with van der Waals surface area (Å²) in [6.07, 6.45) is 1.64. The van der Waals surface area contributed by atoms with Crippen LogP contribution in [-0.4, -0.2) is 25.4 Å². The highest BCUT2D eigenvalue weighted by atomic mass is 35.5. The molecule has 0 saturated heterocycles. The Bertz CT molecular complexity index is 1500. The zero-order valence-corrected chi connectivity index (χ0v) is 19.1. The van der Waals surface area contributed by atoms with E-state index in [0.717, 1.165) is 16.8 Å². The number of pyridine rings is 2. The number of nitrogens with two attached hydrogens (primary N) is 1. The van der Waals surface area contributed by atoms with E-state index in [2.05, 4.69) is 15.3 Å². The van der Waals surface area contributed by atoms with Crippen molar-refractivity contribution < 1.29 is 4.79 Å². The molecule has 5 aromatic rings. The SMILES string of the molecule is Cc1cc2nc(-c3cccnc3N)n(-c3ccc(CNC(=O)c4ccccc4)cc3)c2nc1Cl. The lowest BCUT2D eigenvalue weighted by molar-refractivity contribution is 0.0951. The summed E-state index contributed by atoms with van der Waals surface area (Å²) < 4.78 is 1.92. The van der Waals surface area contributed by atoms with Crippen LogP contribution in [0.3, 0.4) is 0 Å². The first-order valence-electron chi connectivity index (χ1n) is 10.7. The third-order valence-corrected chi connectivity index (χ3v) is 5.91. The molecular weight excluding hydrogens is 448 g/mol. The Morgan fingerprint density at radius 1 is 1.03 bits per heavy atom. The van der Waals surface area contributed by atoms with Crippen molar-refractivity contribution in [2.24, 2.45) is 0 Å². The van der Waals surface area contributed by atoms with E-state index in [0.29, 0.717) is 45.6 Å². The number of hydrogen-bond donors (Lipinski definition) is 2. The second-order valence-electron chi connectivity index (χ2n) is 7.86. The van der Waals surface area contributed by atoms with Crippen LogP contribution in [0.15, 0.2) is 79.0 Å². The van der Waals surface area contributed by atoms with Crippen LogP contribution in [0.1, 0.15) is 21.5 Å². The van der Waals surface area contributed by atoms with Crippen LogP contribution in [0.5, 0.6) is 0 Å². The van der Waals surface area contributed by atoms with Crippen LogP contribution in [0.2, 0.25) is 5.15 Å². The molecule has 0 bridgehead atoms. The van der Waals surface area contributed by atoms with E-state index < -0.39 is 0 Å². The number of aromatic nitrogens is 4. The van der Waals surface area contributed by atoms with Crippen molar-refractivity contribution in [3.8, 4) is 17.1 Å². The Labute approximate surface area is 201 Å². The number of halogens is 1. The number of carbonyl (C=O) groups is 1. The maximum Gasteiger partial charge on any atom is 0.251 e. The molecule has 0 saturated carbocycles. The number of nitrogen functional groups attached to an aromatic ring is 1. The molecule has 0 aliphatic rings. The summed E-state index contributed by atoms with van der Waals surface area (Å²) in [5.74, 6) is 0.885. The number of imidazole rings is 1. The molecule has 0 fully saturated rings. The van der Waals surface area contributed by atoms with Gasteiger partial charge in [0.15, 0.2) is 11.5 Å². The van der Waals surface area contributed by atoms with E-state index in [1.807, 2.05) is 72.2 Å². The minimum absolute atomic E-state index is 0.117. The van der Waals surface area contributed by atoms with Gasteiger partial charge in [-0.3, -0.25) is 9.36 Å². The smallest absolute Gasteiger partial charge is 0.251 e. The van der Waals surface area contributed by atoms with Crippen LogP contribution in [0.4, 0.5) is 5.82 Å². The number of nitrogens with zero attached hydrogens (tertiary/aromatic N) is 4. The standard InChI is InChI=1S/C26H21ClN6O/c1-16-14-21-25(32-22(16)27)33(24(31-21)20-8-5-13-29-23(20)28)19-11-9-17(10-12-19)15-30-26(34)18-6-3-2-4-7-18/h2-14H,15H2,1H3,(H2,28,29)(H,30,34). The van der Waals surface area contributed by atoms with Gasteiger partial charge in [0.2, 0.25) is 0 Å². The number of aryl methyl sites for hydroxylation is 1. The van der Waals surface area contributed by atoms with Gasteiger partial charge >= 0.3 is 0 Å². The van der Waals surface area contributed by atoms with Crippen molar-refractivity contribution >= 4 is 34.5 Å². The molecule has 0 spiro atoms. The predicted octanol–water partition coefficient (Wildman–Crippen LogP) is 4.96. The summed E-state index contributed by atoms with van der Waals surface area (Å²) in [5.41, 5.74) is 11.5. The first-order valence-corrected chi connectivity index (χ1v) is 11.1. The van der Waals surface area contributed by atoms with Crippen LogP contribution in [0.25, 0.3) is 28.2 Å². The molecule has 0 unspecified atom stereocenters. The number of nitrogens with one attached hydrogen (secondary N) is 1. The maximum atomic E-state index is 12.3. The van der Waals surface area contributed by atoms with E-state index in [9.17, 15) is 4.79 Å². The van der Waals surface area contributed by atoms with Crippen LogP contribution < -0.4 is 11.1 Å². The summed E-state index contributed by atoms with van der Waals surface area (Å²) in [5, 5.41) is 3.36. The molecular formula is C26H21ClN6O. The number of anilines is 1. The molecule has 1 amide bonds. The normalized spacial score (nSPS) is 11.0. The number of amides is 1. The molecule has 7 nitrogen and oxygen atoms in total. The number of hydrogen-bond acceptors (Lipinski definition) is 5. The fourth-order valence-corrected chi connectivity index (χ4v) is 3.88. The number of carbonyl (C=O) groups excluding carboxylic acids is 1. The lowest BCUT2D eigenvalue weighted by Crippen LogP contribution is -2.22. The molecule has 34 heavy (non-hydrogen) atoms. The van der Waals surface area contributed by atoms with Gasteiger partial charge in [-0.1, -0.05) is 41.9 Å². The number of fused-ring (bicyclic) bond motifs is 1. The van der Waals surface area contributed by atoms with E-state index >= 15 is 0 Å². The van der Waals surface area contributed by atoms with E-state index in [-0.39, 0.29) is 5.91 Å². The fourth-order valence-electron chi connectivity index (χ4n) is 3.75. The van der Waals surface area contributed by atoms with E-state index in [4.69, 9.17) is 22.3 Å². The summed E-state index contributed by atoms with van der Waals surface area (Å²) in [6.45, 7) is 2.30. The molecule has 3 heterocycles. The summed E-state index contributed by atoms with van der Waals surface area (Å²) in [7, 11) is 0. The van der Waals surface area contributed by atoms with Gasteiger partial charge in [-0.25, -0.2) is 15.0 Å². The minimum Gasteiger partial charge on any atom is -0.383 e. The average molecular weight is 469 g/mol. The fraction of sp³-hybridized carbons (Fsp3) is 0.0769. The van der Waals surface area contributed by atoms with Crippen molar-refractivity contribution in [1.29, 1.82) is 0 Å². The lowest BCUT2D eigenvalue weighted by Gasteiger charge is -2.11. The molecule has 5 rings (SSSR count). The Balaban J connectivity index is 1.51. The average Bonchev–Trinajstić information content (AvgIpc) is 3.21. The highest BCUT2D eigenvalue weighted by Gasteiger charge is 2.19. The second kappa shape index (κ2) is 8.96. The molecule has 2 aromatic carbocycles. The van der Waals surface area contributed by atoms with Gasteiger partial charge in [0.25, 0.3) is 5.91 Å². The van der Waals surface area contributed by atoms with E-state index in [1.165, 1.54) is 0 Å². The zero-order valence-electron chi connectivity index (χ0n) is 18.4. The summed E-state index contributed by atoms with van der Waals surface area (Å²) in [4.78, 5) is 26.0. The largest absolute Gasteiger partial charge is 0.383 e. The first-order chi connectivity index (χ1) is 16.5. The van der Waals surface area contributed by atoms with Gasteiger partial charge in [0, 0.05) is 24.0 Å². The van der Waals surface area contributed by atoms with Crippen molar-refractivity contribution in [2.75, 3.05) is 5.73 Å². The Kier molecular flexibility index (Phi) is 5.69. The molecule has 0 atom stereocenters. The number of benzene rings is 2. The first kappa shape index (κ1) is 21.6. The van der Waals surface area contributed by atoms with Gasteiger partial charge in [0.1, 0.15) is 16.5 Å². The Hall–Kier alpha value is -4.23. The van der Waals surface area contributed by atoms with Crippen LogP contribution in [0, 0.1) is 6.92 Å². The maximum absolute atomic E-state index is 12.3. The molecule has 3 N–H and O–H groups in total. The minimum atomic E-state index is -0.117. The van der Waals surface area contributed by atoms with Crippen molar-refractivity contribution in [2.45, 2.75) is 13.5 Å². The zero-order chi connectivity index (χ0) is 23.7. The summed E-state index contributed by atoms with van der Waals surface area (Å²) >= 11 is 6.35. The molecule has 168 valence electrons. The van der Waals surface area contributed by atoms with Crippen molar-refractivity contribution in [3.63, 3.8) is 0 Å². The highest BCUT2D eigenvalue weighted by molar-refractivity contribution is 6.30. The van der Waals surface area contributed by atoms with Crippen LogP contribution in [-0.2, 0) is 6.54 Å². The van der Waals surface area contributed by atoms with E-state index in [1.54, 1.807) is 18.3 Å². The topological polar surface area (TPSA) is 98.7 Å². The third-order valence-electron chi connectivity index (χ3n) is 5.52. The van der Waals surface area contributed by atoms with Crippen molar-refractivity contribution in [3.05, 3.63) is 101 Å². The third kappa shape index (κ3) is 4.09. The molecule has 8 heteroatoms. The summed E-state index contributed by atoms with van der Waals surface area (Å²) in [6, 6.07) is 22.6. The lowest BCUT2D eigenvalue weighted by atomic mass is 10.1. The van der Waals surface area contributed by atoms with Gasteiger partial charge in [-0.2, -0.15) is 0 Å². The van der Waals surface area contributed by atoms with Gasteiger partial charge in [-0.15, -0.1) is 0 Å². The monoisotopic (exact) mass is 468 g/mol. The Morgan fingerprint density at radius 3 is 2.53 bits per heavy atom. The van der Waals surface area contributed by atoms with Gasteiger partial charge in [0.05, 0.1) is 5.56 Å². The second-order valence-corrected chi connectivity index (χ2v) is 8.22. The van der Waals surface area contributed by atoms with Crippen molar-refractivity contribution in [1.82, 2.24) is 24.8 Å². The molecule has 0 radical (unpaired) electrons. The van der Waals surface area contributed by atoms with Crippen LogP contribution >= 0.6 is 11.6 Å². The number of rotatable bonds is 5. The predicted molar refractivity (Wildman–Crippen MR) is 134 cm³/mol. The molecule has 0 aliphatic carbocycles. The molecule has 0 aliphatic heterocycles.